The van der Waals surface area contributed by atoms with Crippen molar-refractivity contribution in [2.75, 3.05) is 9.80 Å². The Bertz CT molecular complexity index is 2360. The summed E-state index contributed by atoms with van der Waals surface area (Å²) in [7, 11) is 0. The SMILES string of the molecule is c1ccc(B2c3cccc4c3N3c5c2cccc5B2c5ccccc5N(c5ccccc5)c5ccc(c3c52)B4c2ccccc2)cc1. The van der Waals surface area contributed by atoms with Crippen LogP contribution in [-0.2, 0) is 0 Å². The standard InChI is InChI=1S/C42H27B3N2/c1-4-14-28(15-5-1)43-32-21-12-22-33-40(32)47-41-34(43)23-13-24-35(41)45-31-20-10-11-25-37(31)46(30-18-8-3-9-19-30)38-27-26-36(42(47)39(38)45)44(33)29-16-6-2-7-17-29/h1-27H. The number of benzene rings is 7. The van der Waals surface area contributed by atoms with Gasteiger partial charge in [-0.3, -0.25) is 0 Å². The van der Waals surface area contributed by atoms with E-state index in [9.17, 15) is 0 Å². The third kappa shape index (κ3) is 3.28. The van der Waals surface area contributed by atoms with Gasteiger partial charge in [0.1, 0.15) is 0 Å². The van der Waals surface area contributed by atoms with Gasteiger partial charge in [0.25, 0.3) is 6.71 Å². The summed E-state index contributed by atoms with van der Waals surface area (Å²) >= 11 is 0. The molecule has 2 nitrogen and oxygen atoms in total. The molecule has 0 spiro atoms. The Morgan fingerprint density at radius 1 is 0.298 bits per heavy atom. The molecule has 0 radical (unpaired) electrons. The molecule has 0 aliphatic carbocycles. The molecule has 0 saturated carbocycles. The Balaban J connectivity index is 1.31. The van der Waals surface area contributed by atoms with Gasteiger partial charge in [-0.25, -0.2) is 0 Å². The molecule has 4 aliphatic heterocycles. The molecular weight excluding hydrogens is 565 g/mol. The first-order chi connectivity index (χ1) is 23.4. The van der Waals surface area contributed by atoms with E-state index in [0.717, 1.165) is 0 Å². The second kappa shape index (κ2) is 9.43. The summed E-state index contributed by atoms with van der Waals surface area (Å²) in [4.78, 5) is 5.17. The first-order valence-electron chi connectivity index (χ1n) is 16.6. The summed E-state index contributed by atoms with van der Waals surface area (Å²) in [6.07, 6.45) is 0. The molecule has 47 heavy (non-hydrogen) atoms. The van der Waals surface area contributed by atoms with Crippen molar-refractivity contribution in [3.63, 3.8) is 0 Å². The van der Waals surface area contributed by atoms with E-state index in [0.29, 0.717) is 0 Å². The van der Waals surface area contributed by atoms with Crippen molar-refractivity contribution in [1.82, 2.24) is 0 Å². The monoisotopic (exact) mass is 592 g/mol. The van der Waals surface area contributed by atoms with Crippen LogP contribution >= 0.6 is 0 Å². The van der Waals surface area contributed by atoms with Gasteiger partial charge in [-0.05, 0) is 62.5 Å². The van der Waals surface area contributed by atoms with E-state index in [4.69, 9.17) is 0 Å². The number of anilines is 6. The van der Waals surface area contributed by atoms with Crippen molar-refractivity contribution in [2.24, 2.45) is 0 Å². The molecule has 0 fully saturated rings. The van der Waals surface area contributed by atoms with Crippen molar-refractivity contribution in [1.29, 1.82) is 0 Å². The maximum atomic E-state index is 2.68. The van der Waals surface area contributed by atoms with Crippen LogP contribution in [0.25, 0.3) is 0 Å². The molecule has 0 atom stereocenters. The first kappa shape index (κ1) is 25.5. The lowest BCUT2D eigenvalue weighted by molar-refractivity contribution is 1.26. The van der Waals surface area contributed by atoms with Crippen LogP contribution in [0, 0.1) is 0 Å². The minimum atomic E-state index is 0.127. The molecule has 11 rings (SSSR count). The second-order valence-electron chi connectivity index (χ2n) is 13.2. The van der Waals surface area contributed by atoms with Gasteiger partial charge in [-0.2, -0.15) is 0 Å². The van der Waals surface area contributed by atoms with E-state index in [2.05, 4.69) is 174 Å². The van der Waals surface area contributed by atoms with E-state index in [-0.39, 0.29) is 20.1 Å². The highest BCUT2D eigenvalue weighted by Crippen LogP contribution is 2.44. The van der Waals surface area contributed by atoms with Gasteiger partial charge in [0.2, 0.25) is 13.4 Å². The van der Waals surface area contributed by atoms with Crippen LogP contribution in [0.4, 0.5) is 34.1 Å². The smallest absolute Gasteiger partial charge is 0.252 e. The molecule has 0 bridgehead atoms. The highest BCUT2D eigenvalue weighted by atomic mass is 15.2. The van der Waals surface area contributed by atoms with Crippen LogP contribution in [0.3, 0.4) is 0 Å². The highest BCUT2D eigenvalue weighted by Gasteiger charge is 2.51. The quantitative estimate of drug-likeness (QED) is 0.291. The maximum absolute atomic E-state index is 2.68. The van der Waals surface area contributed by atoms with Gasteiger partial charge in [0.05, 0.1) is 0 Å². The maximum Gasteiger partial charge on any atom is 0.252 e. The van der Waals surface area contributed by atoms with E-state index in [1.807, 2.05) is 0 Å². The summed E-state index contributed by atoms with van der Waals surface area (Å²) in [5.74, 6) is 0. The largest absolute Gasteiger partial charge is 0.313 e. The molecule has 7 aromatic rings. The fourth-order valence-electron chi connectivity index (χ4n) is 9.26. The minimum absolute atomic E-state index is 0.127. The third-order valence-corrected chi connectivity index (χ3v) is 10.9. The molecule has 0 aromatic heterocycles. The Kier molecular flexibility index (Phi) is 5.12. The Hall–Kier alpha value is -5.67. The minimum Gasteiger partial charge on any atom is -0.313 e. The fourth-order valence-corrected chi connectivity index (χ4v) is 9.26. The summed E-state index contributed by atoms with van der Waals surface area (Å²) in [5.41, 5.74) is 20.2. The number of fused-ring (bicyclic) bond motifs is 3. The first-order valence-corrected chi connectivity index (χ1v) is 16.6. The lowest BCUT2D eigenvalue weighted by atomic mass is 9.26. The van der Waals surface area contributed by atoms with Crippen molar-refractivity contribution in [3.8, 4) is 0 Å². The fraction of sp³-hybridized carbons (Fsp3) is 0. The molecule has 0 unspecified atom stereocenters. The Labute approximate surface area is 276 Å². The van der Waals surface area contributed by atoms with E-state index in [1.54, 1.807) is 0 Å². The molecule has 4 aliphatic rings. The van der Waals surface area contributed by atoms with Crippen LogP contribution in [0.2, 0.25) is 0 Å². The van der Waals surface area contributed by atoms with Crippen molar-refractivity contribution < 1.29 is 0 Å². The van der Waals surface area contributed by atoms with Crippen molar-refractivity contribution in [2.45, 2.75) is 0 Å². The number of hydrogen-bond acceptors (Lipinski definition) is 2. The van der Waals surface area contributed by atoms with E-state index in [1.165, 1.54) is 83.3 Å². The van der Waals surface area contributed by atoms with Crippen LogP contribution in [-0.4, -0.2) is 20.1 Å². The number of rotatable bonds is 3. The number of nitrogens with zero attached hydrogens (tertiary/aromatic N) is 2. The molecule has 0 saturated heterocycles. The number of para-hydroxylation sites is 4. The summed E-state index contributed by atoms with van der Waals surface area (Å²) in [5, 5.41) is 0. The van der Waals surface area contributed by atoms with Crippen LogP contribution in [0.5, 0.6) is 0 Å². The van der Waals surface area contributed by atoms with Gasteiger partial charge in [0, 0.05) is 34.1 Å². The lowest BCUT2D eigenvalue weighted by Gasteiger charge is -2.51. The average Bonchev–Trinajstić information content (AvgIpc) is 3.14. The summed E-state index contributed by atoms with van der Waals surface area (Å²) < 4.78 is 0. The van der Waals surface area contributed by atoms with Crippen molar-refractivity contribution in [3.05, 3.63) is 164 Å². The van der Waals surface area contributed by atoms with E-state index >= 15 is 0 Å². The van der Waals surface area contributed by atoms with Gasteiger partial charge in [-0.15, -0.1) is 0 Å². The van der Waals surface area contributed by atoms with Gasteiger partial charge < -0.3 is 9.80 Å². The molecule has 7 aromatic carbocycles. The molecule has 214 valence electrons. The summed E-state index contributed by atoms with van der Waals surface area (Å²) in [6.45, 7) is 0.413. The van der Waals surface area contributed by atoms with E-state index < -0.39 is 0 Å². The zero-order valence-corrected chi connectivity index (χ0v) is 25.7. The van der Waals surface area contributed by atoms with Gasteiger partial charge in [0.15, 0.2) is 0 Å². The van der Waals surface area contributed by atoms with Gasteiger partial charge in [-0.1, -0.05) is 150 Å². The molecule has 0 N–H and O–H groups in total. The molecular formula is C42H27B3N2. The Morgan fingerprint density at radius 3 is 1.36 bits per heavy atom. The lowest BCUT2D eigenvalue weighted by Crippen LogP contribution is -2.72. The average molecular weight is 592 g/mol. The van der Waals surface area contributed by atoms with Crippen LogP contribution < -0.4 is 59.0 Å². The zero-order chi connectivity index (χ0) is 30.6. The second-order valence-corrected chi connectivity index (χ2v) is 13.2. The topological polar surface area (TPSA) is 6.48 Å². The molecule has 5 heteroatoms. The van der Waals surface area contributed by atoms with Crippen LogP contribution in [0.15, 0.2) is 164 Å². The predicted molar refractivity (Wildman–Crippen MR) is 203 cm³/mol. The summed E-state index contributed by atoms with van der Waals surface area (Å²) in [6, 6.07) is 61.2. The van der Waals surface area contributed by atoms with Gasteiger partial charge >= 0.3 is 0 Å². The third-order valence-electron chi connectivity index (χ3n) is 10.9. The molecule has 0 amide bonds. The Morgan fingerprint density at radius 2 is 0.766 bits per heavy atom. The van der Waals surface area contributed by atoms with Crippen molar-refractivity contribution >= 4 is 103 Å². The number of hydrogen-bond donors (Lipinski definition) is 0. The zero-order valence-electron chi connectivity index (χ0n) is 25.7. The van der Waals surface area contributed by atoms with Crippen LogP contribution in [0.1, 0.15) is 0 Å². The predicted octanol–water partition coefficient (Wildman–Crippen LogP) is 3.43. The molecule has 4 heterocycles. The normalized spacial score (nSPS) is 14.2. The highest BCUT2D eigenvalue weighted by molar-refractivity contribution is 7.07.